The predicted octanol–water partition coefficient (Wildman–Crippen LogP) is 0.383. The van der Waals surface area contributed by atoms with Crippen LogP contribution in [0.15, 0.2) is 52.3 Å². The number of hydrogen-bond acceptors (Lipinski definition) is 9. The Kier molecular flexibility index (Phi) is 9.99. The number of nitrogens with one attached hydrogen (secondary N) is 3. The summed E-state index contributed by atoms with van der Waals surface area (Å²) in [4.78, 5) is 36.8. The number of aryl methyl sites for hydroxylation is 1. The molecule has 0 bridgehead atoms. The number of rotatable bonds is 12. The van der Waals surface area contributed by atoms with Gasteiger partial charge in [0, 0.05) is 0 Å². The molecule has 1 unspecified atom stereocenters. The zero-order chi connectivity index (χ0) is 30.7. The minimum atomic E-state index is -4.38. The van der Waals surface area contributed by atoms with E-state index >= 15 is 0 Å². The Morgan fingerprint density at radius 2 is 1.78 bits per heavy atom. The third kappa shape index (κ3) is 7.93. The molecule has 0 aromatic heterocycles. The van der Waals surface area contributed by atoms with Gasteiger partial charge in [-0.15, -0.1) is 0 Å². The normalized spacial score (nSPS) is 18.3. The van der Waals surface area contributed by atoms with Crippen LogP contribution in [0.25, 0.3) is 0 Å². The average molecular weight is 632 g/mol. The lowest BCUT2D eigenvalue weighted by atomic mass is 10.0. The maximum absolute atomic E-state index is 13.4. The number of sulfonamides is 2. The topological polar surface area (TPSA) is 225 Å². The first-order valence-corrected chi connectivity index (χ1v) is 15.6. The van der Waals surface area contributed by atoms with Gasteiger partial charge in [-0.05, 0) is 44.4 Å². The highest BCUT2D eigenvalue weighted by atomic mass is 35.5. The molecule has 0 saturated heterocycles. The number of amides is 1. The third-order valence-corrected chi connectivity index (χ3v) is 9.33. The number of anilines is 1. The summed E-state index contributed by atoms with van der Waals surface area (Å²) in [5.41, 5.74) is 0.798. The molecule has 3 rings (SSSR count). The second-order valence-electron chi connectivity index (χ2n) is 9.47. The minimum absolute atomic E-state index is 0.0984. The summed E-state index contributed by atoms with van der Waals surface area (Å²) in [6, 6.07) is 7.54. The molecule has 224 valence electrons. The Balaban J connectivity index is 1.83. The monoisotopic (exact) mass is 631 g/mol. The first-order valence-electron chi connectivity index (χ1n) is 12.2. The summed E-state index contributed by atoms with van der Waals surface area (Å²) < 4.78 is 51.9. The second kappa shape index (κ2) is 12.7. The molecule has 0 fully saturated rings. The van der Waals surface area contributed by atoms with Crippen LogP contribution in [0.1, 0.15) is 25.8 Å². The molecule has 1 aliphatic rings. The lowest BCUT2D eigenvalue weighted by molar-refractivity contribution is -0.148. The van der Waals surface area contributed by atoms with Gasteiger partial charge < -0.3 is 20.4 Å². The maximum atomic E-state index is 13.4. The van der Waals surface area contributed by atoms with Crippen molar-refractivity contribution in [3.05, 3.63) is 53.1 Å². The number of nitrogens with two attached hydrogens (primary N) is 1. The highest BCUT2D eigenvalue weighted by Crippen LogP contribution is 2.34. The van der Waals surface area contributed by atoms with Gasteiger partial charge in [0.15, 0.2) is 0 Å². The van der Waals surface area contributed by atoms with Crippen molar-refractivity contribution in [3.63, 3.8) is 0 Å². The number of carbonyl (C=O) groups excluding carboxylic acids is 1. The van der Waals surface area contributed by atoms with Gasteiger partial charge in [0.2, 0.25) is 26.0 Å². The molecule has 0 radical (unpaired) electrons. The summed E-state index contributed by atoms with van der Waals surface area (Å²) >= 11 is 6.02. The molecule has 41 heavy (non-hydrogen) atoms. The smallest absolute Gasteiger partial charge is 0.323 e. The average Bonchev–Trinajstić information content (AvgIpc) is 2.87. The molecular weight excluding hydrogens is 602 g/mol. The van der Waals surface area contributed by atoms with E-state index in [4.69, 9.17) is 16.7 Å². The van der Waals surface area contributed by atoms with Crippen molar-refractivity contribution in [1.29, 1.82) is 0 Å². The molecule has 7 N–H and O–H groups in total. The van der Waals surface area contributed by atoms with Crippen molar-refractivity contribution in [2.75, 3.05) is 11.9 Å². The molecule has 1 aliphatic heterocycles. The summed E-state index contributed by atoms with van der Waals surface area (Å²) in [7, 11) is -8.73. The largest absolute Gasteiger partial charge is 0.480 e. The molecule has 0 aliphatic carbocycles. The number of carbonyl (C=O) groups is 3. The number of hydrogen-bond donors (Lipinski definition) is 6. The van der Waals surface area contributed by atoms with E-state index in [0.717, 1.165) is 22.6 Å². The number of fused-ring (bicyclic) bond motifs is 1. The van der Waals surface area contributed by atoms with Crippen LogP contribution in [0.2, 0.25) is 5.02 Å². The van der Waals surface area contributed by atoms with Crippen molar-refractivity contribution in [3.8, 4) is 0 Å². The van der Waals surface area contributed by atoms with Crippen LogP contribution in [0.3, 0.4) is 0 Å². The molecule has 0 saturated carbocycles. The number of primary sulfonamides is 1. The number of carboxylic acid groups (broad SMARTS) is 2. The lowest BCUT2D eigenvalue weighted by Crippen LogP contribution is -2.61. The number of nitrogens with zero attached hydrogens (tertiary/aromatic N) is 1. The Labute approximate surface area is 242 Å². The molecular formula is C24H30ClN5O9S2. The number of aliphatic carboxylic acids is 2. The fourth-order valence-corrected chi connectivity index (χ4v) is 6.91. The Bertz CT molecular complexity index is 1540. The molecule has 1 amide bonds. The molecule has 14 nitrogen and oxygen atoms in total. The van der Waals surface area contributed by atoms with E-state index in [9.17, 15) is 41.4 Å². The predicted molar refractivity (Wildman–Crippen MR) is 148 cm³/mol. The van der Waals surface area contributed by atoms with E-state index in [0.29, 0.717) is 6.42 Å². The van der Waals surface area contributed by atoms with Crippen molar-refractivity contribution < 1.29 is 41.4 Å². The Hall–Kier alpha value is -3.28. The van der Waals surface area contributed by atoms with Crippen LogP contribution in [-0.2, 0) is 40.9 Å². The van der Waals surface area contributed by atoms with Gasteiger partial charge in [-0.1, -0.05) is 41.9 Å². The van der Waals surface area contributed by atoms with Gasteiger partial charge in [0.1, 0.15) is 28.5 Å². The number of halogens is 1. The van der Waals surface area contributed by atoms with Crippen molar-refractivity contribution in [2.24, 2.45) is 5.14 Å². The first-order chi connectivity index (χ1) is 19.0. The molecule has 0 spiro atoms. The van der Waals surface area contributed by atoms with Crippen LogP contribution in [0.4, 0.5) is 5.69 Å². The SMILES string of the molecule is C[C@H](N[C@@H](CCc1ccccc1)C(=O)O)C(=O)N(CC(=O)O)[C@H](C)C1Nc2cc(Cl)c(S(N)(=O)=O)cc2S(=O)(=O)N1. The zero-order valence-electron chi connectivity index (χ0n) is 21.9. The fourth-order valence-electron chi connectivity index (χ4n) is 4.34. The molecule has 17 heteroatoms. The summed E-state index contributed by atoms with van der Waals surface area (Å²) in [5.74, 6) is -3.39. The van der Waals surface area contributed by atoms with Gasteiger partial charge in [-0.2, -0.15) is 4.72 Å². The van der Waals surface area contributed by atoms with E-state index in [1.54, 1.807) is 0 Å². The quantitative estimate of drug-likeness (QED) is 0.188. The minimum Gasteiger partial charge on any atom is -0.480 e. The summed E-state index contributed by atoms with van der Waals surface area (Å²) in [6.45, 7) is 1.94. The van der Waals surface area contributed by atoms with Crippen LogP contribution in [0, 0.1) is 0 Å². The van der Waals surface area contributed by atoms with E-state index in [2.05, 4.69) is 15.4 Å². The highest BCUT2D eigenvalue weighted by Gasteiger charge is 2.39. The van der Waals surface area contributed by atoms with Gasteiger partial charge in [0.25, 0.3) is 0 Å². The van der Waals surface area contributed by atoms with E-state index in [-0.39, 0.29) is 17.1 Å². The summed E-state index contributed by atoms with van der Waals surface area (Å²) in [5, 5.41) is 29.5. The maximum Gasteiger partial charge on any atom is 0.323 e. The number of carboxylic acids is 2. The molecule has 2 aromatic carbocycles. The van der Waals surface area contributed by atoms with Crippen LogP contribution in [0.5, 0.6) is 0 Å². The Morgan fingerprint density at radius 1 is 1.15 bits per heavy atom. The number of benzene rings is 2. The first kappa shape index (κ1) is 32.2. The van der Waals surface area contributed by atoms with E-state index in [1.807, 2.05) is 30.3 Å². The lowest BCUT2D eigenvalue weighted by Gasteiger charge is -2.39. The third-order valence-electron chi connectivity index (χ3n) is 6.47. The molecule has 2 aromatic rings. The van der Waals surface area contributed by atoms with Gasteiger partial charge in [-0.25, -0.2) is 22.0 Å². The van der Waals surface area contributed by atoms with Crippen molar-refractivity contribution in [1.82, 2.24) is 14.9 Å². The second-order valence-corrected chi connectivity index (χ2v) is 13.1. The van der Waals surface area contributed by atoms with Crippen molar-refractivity contribution >= 4 is 55.2 Å². The van der Waals surface area contributed by atoms with E-state index < -0.39 is 78.5 Å². The zero-order valence-corrected chi connectivity index (χ0v) is 24.3. The van der Waals surface area contributed by atoms with Crippen LogP contribution >= 0.6 is 11.6 Å². The summed E-state index contributed by atoms with van der Waals surface area (Å²) in [6.07, 6.45) is -0.718. The van der Waals surface area contributed by atoms with E-state index in [1.165, 1.54) is 13.8 Å². The van der Waals surface area contributed by atoms with Crippen LogP contribution < -0.4 is 20.5 Å². The fraction of sp³-hybridized carbons (Fsp3) is 0.375. The van der Waals surface area contributed by atoms with Gasteiger partial charge in [0.05, 0.1) is 22.8 Å². The van der Waals surface area contributed by atoms with Crippen LogP contribution in [-0.4, -0.2) is 80.6 Å². The van der Waals surface area contributed by atoms with Gasteiger partial charge >= 0.3 is 11.9 Å². The Morgan fingerprint density at radius 3 is 2.34 bits per heavy atom. The highest BCUT2D eigenvalue weighted by molar-refractivity contribution is 7.90. The molecule has 4 atom stereocenters. The van der Waals surface area contributed by atoms with Gasteiger partial charge in [-0.3, -0.25) is 19.7 Å². The van der Waals surface area contributed by atoms with Crippen molar-refractivity contribution in [2.45, 2.75) is 60.8 Å². The standard InChI is InChI=1S/C24H30ClN5O9S2/c1-13(27-17(24(34)35)9-8-15-6-4-3-5-7-15)23(33)30(12-21(31)32)14(2)22-28-18-10-16(25)19(40(26,36)37)11-20(18)41(38,39)29-22/h3-7,10-11,13-14,17,22,27-29H,8-9,12H2,1-2H3,(H,31,32)(H,34,35)(H2,26,36,37)/t13-,14+,17-,22?/m0/s1. The molecule has 1 heterocycles.